The zero-order valence-electron chi connectivity index (χ0n) is 4.95. The Bertz CT molecular complexity index is 140. The summed E-state index contributed by atoms with van der Waals surface area (Å²) >= 11 is 3.90. The first-order valence-electron chi connectivity index (χ1n) is 2.62. The Morgan fingerprint density at radius 2 is 2.44 bits per heavy atom. The van der Waals surface area contributed by atoms with Gasteiger partial charge in [0.1, 0.15) is 0 Å². The largest absolute Gasteiger partial charge is 0.361 e. The van der Waals surface area contributed by atoms with Crippen LogP contribution in [0, 0.1) is 0 Å². The number of carbonyl (C=O) groups is 1. The molecule has 0 aromatic heterocycles. The normalized spacial score (nSPS) is 8.11. The van der Waals surface area contributed by atoms with Gasteiger partial charge in [-0.25, -0.2) is 0 Å². The maximum absolute atomic E-state index is 10.5. The van der Waals surface area contributed by atoms with Crippen molar-refractivity contribution in [3.8, 4) is 0 Å². The molecule has 0 heterocycles. The molecule has 3 nitrogen and oxygen atoms in total. The van der Waals surface area contributed by atoms with E-state index in [2.05, 4.69) is 17.4 Å². The molecule has 0 N–H and O–H groups in total. The number of Topliss-reactive ketones (excluding diaryl/α,β-unsaturated/α-hetero) is 1. The van der Waals surface area contributed by atoms with Crippen molar-refractivity contribution in [2.75, 3.05) is 5.75 Å². The average molecular weight is 144 g/mol. The lowest BCUT2D eigenvalue weighted by Crippen LogP contribution is -1.99. The molecule has 50 valence electrons. The standard InChI is InChI=1S/C5H8N2OS/c6-7-4-5(8)2-1-3-9/h4,9H,1-3H2. The van der Waals surface area contributed by atoms with Crippen LogP contribution in [-0.2, 0) is 4.79 Å². The van der Waals surface area contributed by atoms with Gasteiger partial charge in [-0.1, -0.05) is 0 Å². The Hall–Kier alpha value is -0.600. The predicted molar refractivity (Wildman–Crippen MR) is 37.8 cm³/mol. The van der Waals surface area contributed by atoms with Crippen molar-refractivity contribution in [1.29, 1.82) is 0 Å². The molecule has 0 aromatic rings. The highest BCUT2D eigenvalue weighted by Gasteiger charge is 1.99. The minimum Gasteiger partial charge on any atom is -0.361 e. The summed E-state index contributed by atoms with van der Waals surface area (Å²) < 4.78 is 0. The summed E-state index contributed by atoms with van der Waals surface area (Å²) in [4.78, 5) is 13.0. The molecule has 0 saturated carbocycles. The summed E-state index contributed by atoms with van der Waals surface area (Å²) in [6, 6.07) is 0. The van der Waals surface area contributed by atoms with Crippen molar-refractivity contribution >= 4 is 24.6 Å². The van der Waals surface area contributed by atoms with Crippen molar-refractivity contribution in [2.45, 2.75) is 12.8 Å². The lowest BCUT2D eigenvalue weighted by Gasteiger charge is -1.84. The van der Waals surface area contributed by atoms with Crippen LogP contribution in [0.25, 0.3) is 5.53 Å². The molecular formula is C5H8N2OS. The number of nitrogens with zero attached hydrogens (tertiary/aromatic N) is 2. The lowest BCUT2D eigenvalue weighted by atomic mass is 10.2. The molecule has 0 aliphatic carbocycles. The fourth-order valence-corrected chi connectivity index (χ4v) is 0.540. The summed E-state index contributed by atoms with van der Waals surface area (Å²) in [5.74, 6) is 0.525. The third-order valence-electron chi connectivity index (χ3n) is 0.783. The van der Waals surface area contributed by atoms with E-state index in [1.807, 2.05) is 0 Å². The van der Waals surface area contributed by atoms with Crippen LogP contribution < -0.4 is 0 Å². The van der Waals surface area contributed by atoms with Crippen LogP contribution >= 0.6 is 12.6 Å². The first kappa shape index (κ1) is 8.40. The number of hydrogen-bond acceptors (Lipinski definition) is 2. The lowest BCUT2D eigenvalue weighted by molar-refractivity contribution is -0.116. The van der Waals surface area contributed by atoms with Gasteiger partial charge >= 0.3 is 6.21 Å². The van der Waals surface area contributed by atoms with Gasteiger partial charge in [0.05, 0.1) is 0 Å². The molecule has 9 heavy (non-hydrogen) atoms. The van der Waals surface area contributed by atoms with Gasteiger partial charge in [0, 0.05) is 6.42 Å². The van der Waals surface area contributed by atoms with Gasteiger partial charge in [-0.05, 0) is 12.2 Å². The van der Waals surface area contributed by atoms with E-state index in [9.17, 15) is 4.79 Å². The zero-order chi connectivity index (χ0) is 7.11. The van der Waals surface area contributed by atoms with Crippen molar-refractivity contribution in [1.82, 2.24) is 0 Å². The highest BCUT2D eigenvalue weighted by molar-refractivity contribution is 7.80. The summed E-state index contributed by atoms with van der Waals surface area (Å²) in [7, 11) is 0. The molecule has 0 spiro atoms. The summed E-state index contributed by atoms with van der Waals surface area (Å²) in [6.45, 7) is 0. The van der Waals surface area contributed by atoms with E-state index in [-0.39, 0.29) is 5.78 Å². The Labute approximate surface area is 59.1 Å². The zero-order valence-corrected chi connectivity index (χ0v) is 5.84. The van der Waals surface area contributed by atoms with Crippen molar-refractivity contribution in [2.24, 2.45) is 0 Å². The molecule has 0 fully saturated rings. The van der Waals surface area contributed by atoms with Gasteiger partial charge in [0.25, 0.3) is 0 Å². The van der Waals surface area contributed by atoms with Gasteiger partial charge in [-0.2, -0.15) is 17.4 Å². The number of hydrogen-bond donors (Lipinski definition) is 1. The van der Waals surface area contributed by atoms with Crippen LogP contribution in [0.3, 0.4) is 0 Å². The fraction of sp³-hybridized carbons (Fsp3) is 0.600. The van der Waals surface area contributed by atoms with Crippen molar-refractivity contribution in [3.63, 3.8) is 0 Å². The summed E-state index contributed by atoms with van der Waals surface area (Å²) in [5, 5.41) is 0. The second-order valence-corrected chi connectivity index (χ2v) is 1.99. The van der Waals surface area contributed by atoms with E-state index in [0.717, 1.165) is 12.6 Å². The summed E-state index contributed by atoms with van der Waals surface area (Å²) in [5.41, 5.74) is 7.87. The Morgan fingerprint density at radius 1 is 1.78 bits per heavy atom. The smallest absolute Gasteiger partial charge is 0.323 e. The molecule has 0 bridgehead atoms. The van der Waals surface area contributed by atoms with E-state index in [1.54, 1.807) is 0 Å². The van der Waals surface area contributed by atoms with E-state index < -0.39 is 0 Å². The van der Waals surface area contributed by atoms with E-state index in [1.165, 1.54) is 0 Å². The molecule has 0 aliphatic heterocycles. The third-order valence-corrected chi connectivity index (χ3v) is 1.10. The maximum atomic E-state index is 10.5. The number of ketones is 1. The molecule has 0 saturated heterocycles. The van der Waals surface area contributed by atoms with Crippen LogP contribution in [0.2, 0.25) is 0 Å². The maximum Gasteiger partial charge on any atom is 0.323 e. The number of thiol groups is 1. The monoisotopic (exact) mass is 144 g/mol. The van der Waals surface area contributed by atoms with Gasteiger partial charge in [0.2, 0.25) is 5.78 Å². The van der Waals surface area contributed by atoms with Gasteiger partial charge in [-0.3, -0.25) is 4.79 Å². The first-order valence-corrected chi connectivity index (χ1v) is 3.25. The molecule has 0 aliphatic rings. The fourth-order valence-electron chi connectivity index (χ4n) is 0.382. The highest BCUT2D eigenvalue weighted by atomic mass is 32.1. The van der Waals surface area contributed by atoms with Crippen LogP contribution in [0.15, 0.2) is 0 Å². The summed E-state index contributed by atoms with van der Waals surface area (Å²) in [6.07, 6.45) is 2.05. The topological polar surface area (TPSA) is 53.5 Å². The van der Waals surface area contributed by atoms with E-state index in [4.69, 9.17) is 5.53 Å². The second kappa shape index (κ2) is 5.54. The second-order valence-electron chi connectivity index (χ2n) is 1.54. The molecule has 0 rings (SSSR count). The van der Waals surface area contributed by atoms with Crippen LogP contribution in [0.4, 0.5) is 0 Å². The van der Waals surface area contributed by atoms with Crippen LogP contribution in [-0.4, -0.2) is 22.5 Å². The van der Waals surface area contributed by atoms with E-state index in [0.29, 0.717) is 12.2 Å². The number of rotatable bonds is 4. The molecule has 0 radical (unpaired) electrons. The van der Waals surface area contributed by atoms with Crippen LogP contribution in [0.5, 0.6) is 0 Å². The molecule has 0 amide bonds. The van der Waals surface area contributed by atoms with Crippen molar-refractivity contribution in [3.05, 3.63) is 5.53 Å². The Balaban J connectivity index is 3.39. The predicted octanol–water partition coefficient (Wildman–Crippen LogP) is 0.566. The average Bonchev–Trinajstić information content (AvgIpc) is 1.85. The highest BCUT2D eigenvalue weighted by Crippen LogP contribution is 1.89. The Kier molecular flexibility index (Phi) is 5.17. The van der Waals surface area contributed by atoms with Gasteiger partial charge in [-0.15, -0.1) is 0 Å². The van der Waals surface area contributed by atoms with E-state index >= 15 is 0 Å². The van der Waals surface area contributed by atoms with Crippen LogP contribution in [0.1, 0.15) is 12.8 Å². The Morgan fingerprint density at radius 3 is 2.89 bits per heavy atom. The van der Waals surface area contributed by atoms with Gasteiger partial charge in [0.15, 0.2) is 0 Å². The van der Waals surface area contributed by atoms with Gasteiger partial charge < -0.3 is 5.53 Å². The SMILES string of the molecule is [N-]=[N+]=CC(=O)CCCS. The minimum absolute atomic E-state index is 0.161. The molecule has 4 heteroatoms. The third kappa shape index (κ3) is 5.27. The van der Waals surface area contributed by atoms with Crippen molar-refractivity contribution < 1.29 is 9.58 Å². The molecule has 0 atom stereocenters. The molecule has 0 aromatic carbocycles. The minimum atomic E-state index is -0.161. The molecular weight excluding hydrogens is 136 g/mol. The quantitative estimate of drug-likeness (QED) is 0.266. The number of carbonyl (C=O) groups excluding carboxylic acids is 1. The molecule has 0 unspecified atom stereocenters. The first-order chi connectivity index (χ1) is 4.31.